The lowest BCUT2D eigenvalue weighted by Gasteiger charge is -2.58. The van der Waals surface area contributed by atoms with Gasteiger partial charge in [-0.25, -0.2) is 4.79 Å². The molecule has 7 heteroatoms. The Morgan fingerprint density at radius 2 is 1.82 bits per heavy atom. The van der Waals surface area contributed by atoms with Gasteiger partial charge in [0.2, 0.25) is 0 Å². The molecular formula is C27H34O6S. The van der Waals surface area contributed by atoms with Crippen molar-refractivity contribution in [1.82, 2.24) is 0 Å². The molecule has 3 aliphatic rings. The van der Waals surface area contributed by atoms with Crippen molar-refractivity contribution >= 4 is 21.9 Å². The number of rotatable bonds is 7. The van der Waals surface area contributed by atoms with Crippen LogP contribution in [-0.2, 0) is 28.6 Å². The Bertz CT molecular complexity index is 1150. The monoisotopic (exact) mass is 486 g/mol. The molecule has 1 saturated carbocycles. The zero-order valence-corrected chi connectivity index (χ0v) is 21.2. The van der Waals surface area contributed by atoms with E-state index in [1.165, 1.54) is 0 Å². The minimum atomic E-state index is -3.90. The first-order chi connectivity index (χ1) is 16.0. The van der Waals surface area contributed by atoms with E-state index in [-0.39, 0.29) is 45.9 Å². The van der Waals surface area contributed by atoms with Crippen LogP contribution in [0.25, 0.3) is 0 Å². The molecule has 1 aromatic rings. The summed E-state index contributed by atoms with van der Waals surface area (Å²) in [5.74, 6) is -0.199. The van der Waals surface area contributed by atoms with Crippen molar-refractivity contribution in [3.8, 4) is 0 Å². The lowest BCUT2D eigenvalue weighted by Crippen LogP contribution is -2.52. The lowest BCUT2D eigenvalue weighted by molar-refractivity contribution is -0.136. The molecule has 4 rings (SSSR count). The number of aryl methyl sites for hydroxylation is 1. The molecule has 4 atom stereocenters. The minimum absolute atomic E-state index is 0.0416. The van der Waals surface area contributed by atoms with Gasteiger partial charge in [-0.15, -0.1) is 0 Å². The van der Waals surface area contributed by atoms with E-state index in [4.69, 9.17) is 8.92 Å². The number of ether oxygens (including phenoxy) is 1. The first-order valence-corrected chi connectivity index (χ1v) is 13.4. The highest BCUT2D eigenvalue weighted by atomic mass is 32.2. The topological polar surface area (TPSA) is 86.7 Å². The van der Waals surface area contributed by atoms with Gasteiger partial charge in [0.05, 0.1) is 11.5 Å². The third-order valence-corrected chi connectivity index (χ3v) is 9.96. The van der Waals surface area contributed by atoms with Crippen molar-refractivity contribution in [2.24, 2.45) is 22.7 Å². The predicted molar refractivity (Wildman–Crippen MR) is 128 cm³/mol. The third kappa shape index (κ3) is 4.52. The van der Waals surface area contributed by atoms with Crippen molar-refractivity contribution in [1.29, 1.82) is 0 Å². The van der Waals surface area contributed by atoms with Crippen LogP contribution in [-0.4, -0.2) is 33.4 Å². The van der Waals surface area contributed by atoms with Gasteiger partial charge >= 0.3 is 5.97 Å². The summed E-state index contributed by atoms with van der Waals surface area (Å²) in [7, 11) is -3.90. The second-order valence-corrected chi connectivity index (χ2v) is 12.2. The number of allylic oxidation sites excluding steroid dienone is 2. The average Bonchev–Trinajstić information content (AvgIpc) is 3.19. The lowest BCUT2D eigenvalue weighted by atomic mass is 9.46. The van der Waals surface area contributed by atoms with Gasteiger partial charge in [-0.2, -0.15) is 8.42 Å². The smallest absolute Gasteiger partial charge is 0.334 e. The molecule has 1 fully saturated rings. The zero-order valence-electron chi connectivity index (χ0n) is 20.4. The largest absolute Gasteiger partial charge is 0.458 e. The van der Waals surface area contributed by atoms with Crippen LogP contribution in [0.4, 0.5) is 0 Å². The van der Waals surface area contributed by atoms with Crippen molar-refractivity contribution in [3.63, 3.8) is 0 Å². The average molecular weight is 487 g/mol. The van der Waals surface area contributed by atoms with E-state index in [1.807, 2.05) is 19.9 Å². The highest BCUT2D eigenvalue weighted by Gasteiger charge is 2.55. The Morgan fingerprint density at radius 3 is 2.47 bits per heavy atom. The first kappa shape index (κ1) is 24.9. The van der Waals surface area contributed by atoms with Gasteiger partial charge in [-0.05, 0) is 86.5 Å². The first-order valence-electron chi connectivity index (χ1n) is 12.0. The fourth-order valence-corrected chi connectivity index (χ4v) is 7.13. The number of fused-ring (bicyclic) bond motifs is 1. The molecule has 0 unspecified atom stereocenters. The van der Waals surface area contributed by atoms with Crippen LogP contribution >= 0.6 is 0 Å². The Labute approximate surface area is 202 Å². The van der Waals surface area contributed by atoms with E-state index in [1.54, 1.807) is 30.3 Å². The summed E-state index contributed by atoms with van der Waals surface area (Å²) in [6.07, 6.45) is 6.87. The molecule has 0 N–H and O–H groups in total. The van der Waals surface area contributed by atoms with Gasteiger partial charge in [0.1, 0.15) is 6.61 Å². The summed E-state index contributed by atoms with van der Waals surface area (Å²) in [6, 6.07) is 6.63. The van der Waals surface area contributed by atoms with Crippen LogP contribution in [0.3, 0.4) is 0 Å². The van der Waals surface area contributed by atoms with E-state index in [2.05, 4.69) is 13.8 Å². The molecule has 2 aliphatic carbocycles. The minimum Gasteiger partial charge on any atom is -0.458 e. The van der Waals surface area contributed by atoms with E-state index in [0.29, 0.717) is 31.4 Å². The van der Waals surface area contributed by atoms with Crippen molar-refractivity contribution in [2.45, 2.75) is 64.7 Å². The maximum Gasteiger partial charge on any atom is 0.334 e. The molecule has 34 heavy (non-hydrogen) atoms. The summed E-state index contributed by atoms with van der Waals surface area (Å²) in [5.41, 5.74) is 2.20. The van der Waals surface area contributed by atoms with Gasteiger partial charge in [0.25, 0.3) is 10.1 Å². The van der Waals surface area contributed by atoms with Gasteiger partial charge in [0.15, 0.2) is 5.78 Å². The molecular weight excluding hydrogens is 452 g/mol. The Kier molecular flexibility index (Phi) is 6.64. The van der Waals surface area contributed by atoms with E-state index >= 15 is 0 Å². The SMILES string of the molecule is CC1=CC(=O)C[C@H]2[C@](C)(CCC3=CCOC3=O)[C@H](COS(=O)(=O)c3ccc(C)cc3)CC[C@]12C. The van der Waals surface area contributed by atoms with Crippen molar-refractivity contribution in [3.05, 3.63) is 53.1 Å². The molecule has 184 valence electrons. The molecule has 0 bridgehead atoms. The predicted octanol–water partition coefficient (Wildman–Crippen LogP) is 4.92. The van der Waals surface area contributed by atoms with E-state index in [0.717, 1.165) is 24.0 Å². The molecule has 6 nitrogen and oxygen atoms in total. The summed E-state index contributed by atoms with van der Waals surface area (Å²) < 4.78 is 36.5. The molecule has 1 heterocycles. The summed E-state index contributed by atoms with van der Waals surface area (Å²) in [6.45, 7) is 8.65. The van der Waals surface area contributed by atoms with Crippen LogP contribution in [0.5, 0.6) is 0 Å². The van der Waals surface area contributed by atoms with E-state index < -0.39 is 10.1 Å². The fourth-order valence-electron chi connectivity index (χ4n) is 6.19. The molecule has 0 aromatic heterocycles. The van der Waals surface area contributed by atoms with Crippen LogP contribution in [0.1, 0.15) is 58.4 Å². The number of carbonyl (C=O) groups excluding carboxylic acids is 2. The quantitative estimate of drug-likeness (QED) is 0.402. The number of hydrogen-bond acceptors (Lipinski definition) is 6. The molecule has 0 radical (unpaired) electrons. The van der Waals surface area contributed by atoms with Crippen LogP contribution in [0, 0.1) is 29.6 Å². The molecule has 0 spiro atoms. The number of esters is 1. The second-order valence-electron chi connectivity index (χ2n) is 10.6. The maximum atomic E-state index is 12.9. The zero-order chi connectivity index (χ0) is 24.7. The molecule has 1 aliphatic heterocycles. The van der Waals surface area contributed by atoms with Gasteiger partial charge in [0, 0.05) is 12.0 Å². The number of cyclic esters (lactones) is 1. The molecule has 1 aromatic carbocycles. The van der Waals surface area contributed by atoms with Crippen LogP contribution < -0.4 is 0 Å². The summed E-state index contributed by atoms with van der Waals surface area (Å²) >= 11 is 0. The van der Waals surface area contributed by atoms with Gasteiger partial charge < -0.3 is 4.74 Å². The Hall–Kier alpha value is -2.25. The van der Waals surface area contributed by atoms with Crippen molar-refractivity contribution < 1.29 is 26.9 Å². The molecule has 0 saturated heterocycles. The van der Waals surface area contributed by atoms with Gasteiger partial charge in [-0.1, -0.05) is 37.1 Å². The fraction of sp³-hybridized carbons (Fsp3) is 0.556. The number of benzene rings is 1. The number of ketones is 1. The highest BCUT2D eigenvalue weighted by Crippen LogP contribution is 2.61. The second kappa shape index (κ2) is 9.08. The maximum absolute atomic E-state index is 12.9. The van der Waals surface area contributed by atoms with Crippen LogP contribution in [0.2, 0.25) is 0 Å². The highest BCUT2D eigenvalue weighted by molar-refractivity contribution is 7.86. The molecule has 0 amide bonds. The normalized spacial score (nSPS) is 31.5. The van der Waals surface area contributed by atoms with Gasteiger partial charge in [-0.3, -0.25) is 8.98 Å². The number of carbonyl (C=O) groups is 2. The number of hydrogen-bond donors (Lipinski definition) is 0. The Morgan fingerprint density at radius 1 is 1.12 bits per heavy atom. The summed E-state index contributed by atoms with van der Waals surface area (Å²) in [5, 5.41) is 0. The van der Waals surface area contributed by atoms with Crippen molar-refractivity contribution in [2.75, 3.05) is 13.2 Å². The summed E-state index contributed by atoms with van der Waals surface area (Å²) in [4.78, 5) is 24.8. The Balaban J connectivity index is 1.61. The third-order valence-electron chi connectivity index (χ3n) is 8.67. The van der Waals surface area contributed by atoms with E-state index in [9.17, 15) is 18.0 Å². The van der Waals surface area contributed by atoms with Crippen LogP contribution in [0.15, 0.2) is 52.5 Å². The standard InChI is InChI=1S/C27H34O6S/c1-18-5-7-23(8-6-18)34(30,31)33-17-21-10-13-26(3)19(2)15-22(28)16-24(26)27(21,4)12-9-20-11-14-32-25(20)29/h5-8,11,15,21,24H,9-10,12-14,16-17H2,1-4H3/t21-,24+,26+,27+/m0/s1.